The Morgan fingerprint density at radius 1 is 1.04 bits per heavy atom. The summed E-state index contributed by atoms with van der Waals surface area (Å²) in [5.74, 6) is 0.794. The molecule has 0 aliphatic heterocycles. The van der Waals surface area contributed by atoms with Crippen LogP contribution in [0.3, 0.4) is 0 Å². The molecule has 1 aliphatic rings. The second-order valence-corrected chi connectivity index (χ2v) is 5.96. The molecule has 3 nitrogen and oxygen atoms in total. The number of hydrogen-bond acceptors (Lipinski definition) is 3. The van der Waals surface area contributed by atoms with E-state index >= 15 is 0 Å². The van der Waals surface area contributed by atoms with Gasteiger partial charge in [-0.15, -0.1) is 0 Å². The van der Waals surface area contributed by atoms with E-state index in [1.54, 1.807) is 6.07 Å². The Labute approximate surface area is 137 Å². The molecule has 0 N–H and O–H groups in total. The molecular weight excluding hydrogens is 286 g/mol. The van der Waals surface area contributed by atoms with Crippen LogP contribution in [0.2, 0.25) is 0 Å². The fourth-order valence-corrected chi connectivity index (χ4v) is 3.07. The van der Waals surface area contributed by atoms with Crippen LogP contribution in [0.5, 0.6) is 5.75 Å². The highest BCUT2D eigenvalue weighted by Gasteiger charge is 2.16. The number of aliphatic imine (C=N–C) groups is 1. The molecule has 118 valence electrons. The van der Waals surface area contributed by atoms with Gasteiger partial charge in [0.25, 0.3) is 0 Å². The van der Waals surface area contributed by atoms with Gasteiger partial charge in [-0.05, 0) is 61.7 Å². The van der Waals surface area contributed by atoms with E-state index in [2.05, 4.69) is 11.7 Å². The zero-order chi connectivity index (χ0) is 16.1. The lowest BCUT2D eigenvalue weighted by Crippen LogP contribution is -2.19. The van der Waals surface area contributed by atoms with E-state index in [9.17, 15) is 4.79 Å². The minimum absolute atomic E-state index is 0.286. The number of carbonyl (C=O) groups excluding carboxylic acids is 1. The summed E-state index contributed by atoms with van der Waals surface area (Å²) in [5.41, 5.74) is 3.42. The monoisotopic (exact) mass is 307 g/mol. The van der Waals surface area contributed by atoms with Crippen molar-refractivity contribution in [2.45, 2.75) is 38.2 Å². The predicted molar refractivity (Wildman–Crippen MR) is 94.0 cm³/mol. The fraction of sp³-hybridized carbons (Fsp3) is 0.300. The highest BCUT2D eigenvalue weighted by atomic mass is 16.5. The molecule has 0 heterocycles. The Hall–Kier alpha value is -2.42. The van der Waals surface area contributed by atoms with Crippen molar-refractivity contribution >= 4 is 18.7 Å². The van der Waals surface area contributed by atoms with Gasteiger partial charge in [0.05, 0.1) is 6.10 Å². The first-order chi connectivity index (χ1) is 11.3. The Balaban J connectivity index is 1.86. The second kappa shape index (κ2) is 7.23. The van der Waals surface area contributed by atoms with Gasteiger partial charge in [-0.1, -0.05) is 30.7 Å². The molecule has 0 aromatic heterocycles. The average molecular weight is 307 g/mol. The molecule has 23 heavy (non-hydrogen) atoms. The lowest BCUT2D eigenvalue weighted by atomic mass is 9.97. The smallest absolute Gasteiger partial charge is 0.150 e. The van der Waals surface area contributed by atoms with E-state index in [4.69, 9.17) is 4.74 Å². The lowest BCUT2D eigenvalue weighted by Gasteiger charge is -2.23. The molecule has 1 aliphatic carbocycles. The van der Waals surface area contributed by atoms with Crippen molar-refractivity contribution < 1.29 is 9.53 Å². The van der Waals surface area contributed by atoms with Crippen molar-refractivity contribution in [1.82, 2.24) is 0 Å². The minimum Gasteiger partial charge on any atom is -0.488 e. The van der Waals surface area contributed by atoms with Gasteiger partial charge < -0.3 is 4.74 Å². The highest BCUT2D eigenvalue weighted by molar-refractivity contribution is 5.80. The Bertz CT molecular complexity index is 703. The summed E-state index contributed by atoms with van der Waals surface area (Å²) in [7, 11) is 0. The molecule has 0 atom stereocenters. The summed E-state index contributed by atoms with van der Waals surface area (Å²) in [6, 6.07) is 13.5. The maximum atomic E-state index is 10.9. The van der Waals surface area contributed by atoms with Gasteiger partial charge in [-0.3, -0.25) is 9.79 Å². The summed E-state index contributed by atoms with van der Waals surface area (Å²) in [6.45, 7) is 3.67. The SMILES string of the molecule is C=Nc1cc(-c2cccc(C=O)c2)ccc1OC1CCCCC1. The van der Waals surface area contributed by atoms with Gasteiger partial charge in [-0.2, -0.15) is 0 Å². The van der Waals surface area contributed by atoms with E-state index in [0.29, 0.717) is 5.56 Å². The molecule has 0 spiro atoms. The topological polar surface area (TPSA) is 38.7 Å². The van der Waals surface area contributed by atoms with Crippen LogP contribution >= 0.6 is 0 Å². The summed E-state index contributed by atoms with van der Waals surface area (Å²) < 4.78 is 6.12. The van der Waals surface area contributed by atoms with Crippen LogP contribution in [0, 0.1) is 0 Å². The number of aldehydes is 1. The van der Waals surface area contributed by atoms with Gasteiger partial charge >= 0.3 is 0 Å². The first-order valence-electron chi connectivity index (χ1n) is 8.13. The summed E-state index contributed by atoms with van der Waals surface area (Å²) in [4.78, 5) is 15.1. The largest absolute Gasteiger partial charge is 0.488 e. The molecule has 1 fully saturated rings. The molecule has 0 bridgehead atoms. The quantitative estimate of drug-likeness (QED) is 0.562. The highest BCUT2D eigenvalue weighted by Crippen LogP contribution is 2.35. The first kappa shape index (κ1) is 15.5. The number of rotatable bonds is 5. The molecule has 2 aromatic carbocycles. The summed E-state index contributed by atoms with van der Waals surface area (Å²) in [6.07, 6.45) is 7.14. The van der Waals surface area contributed by atoms with Crippen molar-refractivity contribution in [3.8, 4) is 16.9 Å². The van der Waals surface area contributed by atoms with Crippen LogP contribution < -0.4 is 4.74 Å². The lowest BCUT2D eigenvalue weighted by molar-refractivity contribution is 0.112. The van der Waals surface area contributed by atoms with Crippen molar-refractivity contribution in [2.24, 2.45) is 4.99 Å². The van der Waals surface area contributed by atoms with Crippen LogP contribution in [0.4, 0.5) is 5.69 Å². The van der Waals surface area contributed by atoms with Gasteiger partial charge in [0.2, 0.25) is 0 Å². The molecule has 3 rings (SSSR count). The standard InChI is InChI=1S/C20H21NO2/c1-21-19-13-17(16-7-5-6-15(12-16)14-22)10-11-20(19)23-18-8-3-2-4-9-18/h5-7,10-14,18H,1-4,8-9H2. The van der Waals surface area contributed by atoms with E-state index in [0.717, 1.165) is 41.7 Å². The molecule has 0 unspecified atom stereocenters. The maximum absolute atomic E-state index is 10.9. The third kappa shape index (κ3) is 3.67. The summed E-state index contributed by atoms with van der Waals surface area (Å²) in [5, 5.41) is 0. The van der Waals surface area contributed by atoms with Crippen LogP contribution in [-0.2, 0) is 0 Å². The molecule has 3 heteroatoms. The van der Waals surface area contributed by atoms with Crippen LogP contribution in [0.25, 0.3) is 11.1 Å². The average Bonchev–Trinajstić information content (AvgIpc) is 2.63. The number of nitrogens with zero attached hydrogens (tertiary/aromatic N) is 1. The minimum atomic E-state index is 0.286. The van der Waals surface area contributed by atoms with Crippen LogP contribution in [0.1, 0.15) is 42.5 Å². The van der Waals surface area contributed by atoms with Gasteiger partial charge in [0.15, 0.2) is 0 Å². The first-order valence-corrected chi connectivity index (χ1v) is 8.13. The molecule has 0 amide bonds. The van der Waals surface area contributed by atoms with Gasteiger partial charge in [-0.25, -0.2) is 0 Å². The zero-order valence-corrected chi connectivity index (χ0v) is 13.2. The Morgan fingerprint density at radius 3 is 2.57 bits per heavy atom. The van der Waals surface area contributed by atoms with Gasteiger partial charge in [0, 0.05) is 5.56 Å². The van der Waals surface area contributed by atoms with Crippen LogP contribution in [-0.4, -0.2) is 19.1 Å². The van der Waals surface area contributed by atoms with Crippen LogP contribution in [0.15, 0.2) is 47.5 Å². The Kier molecular flexibility index (Phi) is 4.86. The number of carbonyl (C=O) groups is 1. The Morgan fingerprint density at radius 2 is 1.83 bits per heavy atom. The number of benzene rings is 2. The molecule has 2 aromatic rings. The summed E-state index contributed by atoms with van der Waals surface area (Å²) >= 11 is 0. The normalized spacial score (nSPS) is 15.1. The molecule has 1 saturated carbocycles. The van der Waals surface area contributed by atoms with Gasteiger partial charge in [0.1, 0.15) is 17.7 Å². The molecule has 0 saturated heterocycles. The zero-order valence-electron chi connectivity index (χ0n) is 13.2. The van der Waals surface area contributed by atoms with Crippen molar-refractivity contribution in [1.29, 1.82) is 0 Å². The van der Waals surface area contributed by atoms with E-state index in [1.165, 1.54) is 19.3 Å². The fourth-order valence-electron chi connectivity index (χ4n) is 3.07. The maximum Gasteiger partial charge on any atom is 0.150 e. The molecular formula is C20H21NO2. The van der Waals surface area contributed by atoms with E-state index in [1.807, 2.05) is 36.4 Å². The van der Waals surface area contributed by atoms with Crippen molar-refractivity contribution in [3.05, 3.63) is 48.0 Å². The predicted octanol–water partition coefficient (Wildman–Crippen LogP) is 5.21. The molecule has 0 radical (unpaired) electrons. The van der Waals surface area contributed by atoms with E-state index < -0.39 is 0 Å². The van der Waals surface area contributed by atoms with Crippen molar-refractivity contribution in [2.75, 3.05) is 0 Å². The van der Waals surface area contributed by atoms with Crippen molar-refractivity contribution in [3.63, 3.8) is 0 Å². The number of hydrogen-bond donors (Lipinski definition) is 0. The van der Waals surface area contributed by atoms with E-state index in [-0.39, 0.29) is 6.10 Å². The third-order valence-electron chi connectivity index (χ3n) is 4.33. The third-order valence-corrected chi connectivity index (χ3v) is 4.33. The number of ether oxygens (including phenoxy) is 1. The second-order valence-electron chi connectivity index (χ2n) is 5.96.